The highest BCUT2D eigenvalue weighted by Gasteiger charge is 2.21. The van der Waals surface area contributed by atoms with Crippen LogP contribution in [0.3, 0.4) is 0 Å². The van der Waals surface area contributed by atoms with E-state index in [1.807, 2.05) is 61.2 Å². The maximum absolute atomic E-state index is 12.6. The van der Waals surface area contributed by atoms with Crippen molar-refractivity contribution in [3.63, 3.8) is 0 Å². The Morgan fingerprint density at radius 3 is 2.54 bits per heavy atom. The Morgan fingerprint density at radius 1 is 1.07 bits per heavy atom. The van der Waals surface area contributed by atoms with E-state index in [0.29, 0.717) is 19.7 Å². The highest BCUT2D eigenvalue weighted by atomic mass is 16.5. The molecule has 1 heterocycles. The summed E-state index contributed by atoms with van der Waals surface area (Å²) in [6.07, 6.45) is 3.48. The van der Waals surface area contributed by atoms with E-state index in [0.717, 1.165) is 41.4 Å². The van der Waals surface area contributed by atoms with Crippen LogP contribution in [0, 0.1) is 6.92 Å². The first-order valence-electron chi connectivity index (χ1n) is 9.70. The van der Waals surface area contributed by atoms with Crippen molar-refractivity contribution in [2.24, 2.45) is 0 Å². The van der Waals surface area contributed by atoms with Gasteiger partial charge < -0.3 is 19.3 Å². The third kappa shape index (κ3) is 4.66. The number of aryl methyl sites for hydroxylation is 1. The Labute approximate surface area is 167 Å². The molecule has 0 radical (unpaired) electrons. The molecular weight excluding hydrogens is 352 g/mol. The summed E-state index contributed by atoms with van der Waals surface area (Å²) in [7, 11) is 1.64. The molecule has 0 spiro atoms. The summed E-state index contributed by atoms with van der Waals surface area (Å²) >= 11 is 0. The largest absolute Gasteiger partial charge is 0.496 e. The third-order valence-electron chi connectivity index (χ3n) is 4.89. The molecule has 1 amide bonds. The lowest BCUT2D eigenvalue weighted by atomic mass is 10.1. The topological polar surface area (TPSA) is 42.0 Å². The second-order valence-electron chi connectivity index (χ2n) is 6.79. The highest BCUT2D eigenvalue weighted by molar-refractivity contribution is 5.92. The zero-order chi connectivity index (χ0) is 19.9. The molecular formula is C23H28N2O3. The number of carbonyl (C=O) groups excluding carboxylic acids is 1. The van der Waals surface area contributed by atoms with Crippen LogP contribution in [0.2, 0.25) is 0 Å². The molecule has 1 saturated heterocycles. The second-order valence-corrected chi connectivity index (χ2v) is 6.79. The fourth-order valence-corrected chi connectivity index (χ4v) is 3.41. The van der Waals surface area contributed by atoms with E-state index < -0.39 is 0 Å². The number of hydrogen-bond acceptors (Lipinski definition) is 4. The van der Waals surface area contributed by atoms with Crippen LogP contribution < -0.4 is 14.4 Å². The standard InChI is InChI=1S/C23H28N2O3/c1-4-28-22-8-6-5-7-20(22)24-13-15-25(16-14-24)23(26)12-10-19-17-18(2)9-11-21(19)27-3/h5-12,17H,4,13-16H2,1-3H3/b12-10+. The third-order valence-corrected chi connectivity index (χ3v) is 4.89. The SMILES string of the molecule is CCOc1ccccc1N1CCN(C(=O)/C=C/c2cc(C)ccc2OC)CC1. The predicted molar refractivity (Wildman–Crippen MR) is 113 cm³/mol. The number of benzene rings is 2. The van der Waals surface area contributed by atoms with E-state index in [9.17, 15) is 4.79 Å². The number of amides is 1. The van der Waals surface area contributed by atoms with Crippen molar-refractivity contribution in [1.29, 1.82) is 0 Å². The molecule has 1 aliphatic rings. The minimum Gasteiger partial charge on any atom is -0.496 e. The molecule has 0 aliphatic carbocycles. The van der Waals surface area contributed by atoms with Gasteiger partial charge in [-0.25, -0.2) is 0 Å². The van der Waals surface area contributed by atoms with Gasteiger partial charge in [-0.3, -0.25) is 4.79 Å². The molecule has 2 aromatic rings. The summed E-state index contributed by atoms with van der Waals surface area (Å²) < 4.78 is 11.1. The summed E-state index contributed by atoms with van der Waals surface area (Å²) in [5.74, 6) is 1.70. The van der Waals surface area contributed by atoms with Crippen LogP contribution in [0.1, 0.15) is 18.1 Å². The minimum atomic E-state index is 0.0290. The Morgan fingerprint density at radius 2 is 1.82 bits per heavy atom. The van der Waals surface area contributed by atoms with Crippen molar-refractivity contribution in [1.82, 2.24) is 4.90 Å². The van der Waals surface area contributed by atoms with Crippen LogP contribution >= 0.6 is 0 Å². The first-order chi connectivity index (χ1) is 13.6. The number of carbonyl (C=O) groups is 1. The van der Waals surface area contributed by atoms with Gasteiger partial charge in [-0.15, -0.1) is 0 Å². The zero-order valence-corrected chi connectivity index (χ0v) is 16.9. The summed E-state index contributed by atoms with van der Waals surface area (Å²) in [6, 6.07) is 14.0. The summed E-state index contributed by atoms with van der Waals surface area (Å²) in [5.41, 5.74) is 3.14. The summed E-state index contributed by atoms with van der Waals surface area (Å²) in [5, 5.41) is 0. The van der Waals surface area contributed by atoms with Gasteiger partial charge in [-0.1, -0.05) is 23.8 Å². The molecule has 0 aromatic heterocycles. The van der Waals surface area contributed by atoms with Crippen LogP contribution in [0.5, 0.6) is 11.5 Å². The van der Waals surface area contributed by atoms with Crippen LogP contribution in [0.4, 0.5) is 5.69 Å². The van der Waals surface area contributed by atoms with Crippen LogP contribution in [0.25, 0.3) is 6.08 Å². The van der Waals surface area contributed by atoms with Gasteiger partial charge in [-0.05, 0) is 44.2 Å². The molecule has 0 saturated carbocycles. The lowest BCUT2D eigenvalue weighted by Crippen LogP contribution is -2.48. The Kier molecular flexibility index (Phi) is 6.58. The lowest BCUT2D eigenvalue weighted by Gasteiger charge is -2.36. The second kappa shape index (κ2) is 9.31. The van der Waals surface area contributed by atoms with Crippen molar-refractivity contribution < 1.29 is 14.3 Å². The van der Waals surface area contributed by atoms with Gasteiger partial charge in [0.05, 0.1) is 19.4 Å². The molecule has 5 nitrogen and oxygen atoms in total. The van der Waals surface area contributed by atoms with E-state index in [1.165, 1.54) is 0 Å². The van der Waals surface area contributed by atoms with Crippen LogP contribution in [-0.4, -0.2) is 50.7 Å². The van der Waals surface area contributed by atoms with Crippen molar-refractivity contribution in [2.45, 2.75) is 13.8 Å². The first-order valence-corrected chi connectivity index (χ1v) is 9.70. The van der Waals surface area contributed by atoms with E-state index in [2.05, 4.69) is 11.0 Å². The highest BCUT2D eigenvalue weighted by Crippen LogP contribution is 2.29. The van der Waals surface area contributed by atoms with E-state index >= 15 is 0 Å². The normalized spacial score (nSPS) is 14.4. The molecule has 1 fully saturated rings. The van der Waals surface area contributed by atoms with Gasteiger partial charge in [0.15, 0.2) is 0 Å². The van der Waals surface area contributed by atoms with E-state index in [1.54, 1.807) is 13.2 Å². The molecule has 0 bridgehead atoms. The molecule has 3 rings (SSSR count). The maximum Gasteiger partial charge on any atom is 0.246 e. The Hall–Kier alpha value is -2.95. The monoisotopic (exact) mass is 380 g/mol. The maximum atomic E-state index is 12.6. The number of methoxy groups -OCH3 is 1. The molecule has 1 aliphatic heterocycles. The summed E-state index contributed by atoms with van der Waals surface area (Å²) in [6.45, 7) is 7.61. The van der Waals surface area contributed by atoms with Gasteiger partial charge in [0.1, 0.15) is 11.5 Å². The lowest BCUT2D eigenvalue weighted by molar-refractivity contribution is -0.126. The van der Waals surface area contributed by atoms with Crippen molar-refractivity contribution >= 4 is 17.7 Å². The molecule has 28 heavy (non-hydrogen) atoms. The molecule has 0 unspecified atom stereocenters. The van der Waals surface area contributed by atoms with Crippen LogP contribution in [0.15, 0.2) is 48.5 Å². The number of ether oxygens (including phenoxy) is 2. The quantitative estimate of drug-likeness (QED) is 0.716. The number of nitrogens with zero attached hydrogens (tertiary/aromatic N) is 2. The predicted octanol–water partition coefficient (Wildman–Crippen LogP) is 3.76. The van der Waals surface area contributed by atoms with Crippen molar-refractivity contribution in [2.75, 3.05) is 44.8 Å². The Bertz CT molecular complexity index is 839. The van der Waals surface area contributed by atoms with Gasteiger partial charge in [0, 0.05) is 37.8 Å². The van der Waals surface area contributed by atoms with Gasteiger partial charge in [0.25, 0.3) is 0 Å². The number of rotatable bonds is 6. The minimum absolute atomic E-state index is 0.0290. The molecule has 148 valence electrons. The zero-order valence-electron chi connectivity index (χ0n) is 16.9. The fourth-order valence-electron chi connectivity index (χ4n) is 3.41. The van der Waals surface area contributed by atoms with E-state index in [4.69, 9.17) is 9.47 Å². The van der Waals surface area contributed by atoms with Crippen molar-refractivity contribution in [3.8, 4) is 11.5 Å². The molecule has 5 heteroatoms. The van der Waals surface area contributed by atoms with Gasteiger partial charge in [0.2, 0.25) is 5.91 Å². The Balaban J connectivity index is 1.62. The number of para-hydroxylation sites is 2. The molecule has 2 aromatic carbocycles. The fraction of sp³-hybridized carbons (Fsp3) is 0.348. The number of anilines is 1. The number of piperazine rings is 1. The molecule has 0 atom stereocenters. The number of hydrogen-bond donors (Lipinski definition) is 0. The average Bonchev–Trinajstić information content (AvgIpc) is 2.73. The molecule has 0 N–H and O–H groups in total. The smallest absolute Gasteiger partial charge is 0.246 e. The van der Waals surface area contributed by atoms with Crippen molar-refractivity contribution in [3.05, 3.63) is 59.7 Å². The van der Waals surface area contributed by atoms with E-state index in [-0.39, 0.29) is 5.91 Å². The summed E-state index contributed by atoms with van der Waals surface area (Å²) in [4.78, 5) is 16.8. The van der Waals surface area contributed by atoms with Gasteiger partial charge in [-0.2, -0.15) is 0 Å². The average molecular weight is 380 g/mol. The van der Waals surface area contributed by atoms with Crippen LogP contribution in [-0.2, 0) is 4.79 Å². The first kappa shape index (κ1) is 19.8. The van der Waals surface area contributed by atoms with Gasteiger partial charge >= 0.3 is 0 Å².